The van der Waals surface area contributed by atoms with Crippen LogP contribution in [0.4, 0.5) is 5.69 Å². The first kappa shape index (κ1) is 51.2. The number of fused-ring (bicyclic) bond motifs is 3. The number of aryl methyl sites for hydroxylation is 2. The van der Waals surface area contributed by atoms with Gasteiger partial charge < -0.3 is 10.2 Å². The van der Waals surface area contributed by atoms with Crippen LogP contribution in [0.5, 0.6) is 0 Å². The largest absolute Gasteiger partial charge is 0.355 e. The highest BCUT2D eigenvalue weighted by Gasteiger charge is 2.49. The van der Waals surface area contributed by atoms with Crippen molar-refractivity contribution in [3.8, 4) is 11.1 Å². The quantitative estimate of drug-likeness (QED) is 0.100. The fourth-order valence-electron chi connectivity index (χ4n) is 9.56. The van der Waals surface area contributed by atoms with Crippen molar-refractivity contribution in [1.82, 2.24) is 4.90 Å². The summed E-state index contributed by atoms with van der Waals surface area (Å²) in [5.74, 6) is 0.230. The maximum atomic E-state index is 5.14. The summed E-state index contributed by atoms with van der Waals surface area (Å²) in [4.78, 5) is 3.88. The van der Waals surface area contributed by atoms with E-state index in [-0.39, 0.29) is 5.92 Å². The summed E-state index contributed by atoms with van der Waals surface area (Å²) in [5.41, 5.74) is 18.7. The Bertz CT molecular complexity index is 2560. The number of rotatable bonds is 14. The van der Waals surface area contributed by atoms with E-state index in [2.05, 4.69) is 216 Å². The van der Waals surface area contributed by atoms with Gasteiger partial charge in [-0.25, -0.2) is 0 Å². The Morgan fingerprint density at radius 3 is 2.14 bits per heavy atom. The molecule has 4 aromatic carbocycles. The minimum absolute atomic E-state index is 0.230. The molecule has 3 unspecified atom stereocenters. The number of nitrogens with zero attached hydrogens (tertiary/aromatic N) is 1. The van der Waals surface area contributed by atoms with E-state index in [0.717, 1.165) is 42.6 Å². The smallest absolute Gasteiger partial charge is 0.0594 e. The molecule has 0 bridgehead atoms. The third-order valence-electron chi connectivity index (χ3n) is 12.7. The highest BCUT2D eigenvalue weighted by Crippen LogP contribution is 2.59. The highest BCUT2D eigenvalue weighted by atomic mass is 32.2. The normalized spacial score (nSPS) is 19.2. The average Bonchev–Trinajstić information content (AvgIpc) is 3.92. The van der Waals surface area contributed by atoms with E-state index in [4.69, 9.17) is 6.58 Å². The van der Waals surface area contributed by atoms with Gasteiger partial charge in [0, 0.05) is 51.7 Å². The number of nitrogens with one attached hydrogen (secondary N) is 1. The van der Waals surface area contributed by atoms with Gasteiger partial charge in [0.05, 0.1) is 5.70 Å². The van der Waals surface area contributed by atoms with Gasteiger partial charge in [-0.1, -0.05) is 204 Å². The van der Waals surface area contributed by atoms with Crippen molar-refractivity contribution in [2.75, 3.05) is 12.4 Å². The van der Waals surface area contributed by atoms with Crippen molar-refractivity contribution < 1.29 is 0 Å². The molecule has 0 radical (unpaired) electrons. The average molecular weight is 893 g/mol. The Morgan fingerprint density at radius 2 is 1.47 bits per heavy atom. The molecule has 344 valence electrons. The van der Waals surface area contributed by atoms with Gasteiger partial charge in [-0.15, -0.1) is 11.8 Å². The van der Waals surface area contributed by atoms with E-state index < -0.39 is 5.41 Å². The molecule has 66 heavy (non-hydrogen) atoms. The molecule has 0 amide bonds. The topological polar surface area (TPSA) is 15.3 Å². The first-order chi connectivity index (χ1) is 32.2. The van der Waals surface area contributed by atoms with Crippen LogP contribution in [0.2, 0.25) is 0 Å². The molecular formula is C63H76N2S. The van der Waals surface area contributed by atoms with Gasteiger partial charge in [-0.05, 0) is 123 Å². The van der Waals surface area contributed by atoms with Gasteiger partial charge in [0.1, 0.15) is 0 Å². The van der Waals surface area contributed by atoms with Crippen LogP contribution in [0.1, 0.15) is 121 Å². The number of likely N-dealkylation sites (N-methyl/N-ethyl adjacent to an activating group) is 1. The minimum atomic E-state index is -0.396. The summed E-state index contributed by atoms with van der Waals surface area (Å²) < 4.78 is 0. The molecule has 0 spiro atoms. The van der Waals surface area contributed by atoms with Crippen molar-refractivity contribution in [2.24, 2.45) is 5.92 Å². The van der Waals surface area contributed by atoms with E-state index >= 15 is 0 Å². The third kappa shape index (κ3) is 10.9. The van der Waals surface area contributed by atoms with E-state index in [0.29, 0.717) is 5.25 Å². The predicted molar refractivity (Wildman–Crippen MR) is 296 cm³/mol. The van der Waals surface area contributed by atoms with Gasteiger partial charge in [0.25, 0.3) is 0 Å². The lowest BCUT2D eigenvalue weighted by Crippen LogP contribution is -2.36. The second-order valence-electron chi connectivity index (χ2n) is 16.6. The van der Waals surface area contributed by atoms with Gasteiger partial charge in [-0.3, -0.25) is 0 Å². The van der Waals surface area contributed by atoms with Gasteiger partial charge in [0.2, 0.25) is 0 Å². The lowest BCUT2D eigenvalue weighted by Gasteiger charge is -2.42. The summed E-state index contributed by atoms with van der Waals surface area (Å²) in [5, 5.41) is 4.13. The van der Waals surface area contributed by atoms with Crippen molar-refractivity contribution in [2.45, 2.75) is 113 Å². The Hall–Kier alpha value is -5.77. The highest BCUT2D eigenvalue weighted by molar-refractivity contribution is 8.03. The van der Waals surface area contributed by atoms with Crippen LogP contribution in [-0.4, -0.2) is 17.2 Å². The van der Waals surface area contributed by atoms with E-state index in [1.165, 1.54) is 72.0 Å². The molecule has 2 nitrogen and oxygen atoms in total. The van der Waals surface area contributed by atoms with Gasteiger partial charge in [-0.2, -0.15) is 0 Å². The molecule has 0 saturated heterocycles. The summed E-state index contributed by atoms with van der Waals surface area (Å²) in [6.07, 6.45) is 31.0. The zero-order valence-corrected chi connectivity index (χ0v) is 43.0. The molecular weight excluding hydrogens is 817 g/mol. The fraction of sp³-hybridized carbons (Fsp3) is 0.302. The summed E-state index contributed by atoms with van der Waals surface area (Å²) >= 11 is 2.00. The van der Waals surface area contributed by atoms with Gasteiger partial charge in [0.15, 0.2) is 0 Å². The van der Waals surface area contributed by atoms with Gasteiger partial charge >= 0.3 is 0 Å². The summed E-state index contributed by atoms with van der Waals surface area (Å²) in [6, 6.07) is 33.8. The molecule has 3 atom stereocenters. The molecule has 0 aromatic heterocycles. The molecule has 4 aliphatic rings. The lowest BCUT2D eigenvalue weighted by atomic mass is 9.61. The number of hydrogen-bond donors (Lipinski definition) is 1. The SMILES string of the molecule is C=C(CC/C(SC(C)/C=C\C=C/C)=C1/C2=C(CC=C2)N1C)C1(C2C=CC=CC2)c2ccccc2-c2ccc(C(/C=C(\Nc3ccc(C)cc3)c3ccc(C)cc3)=C/C)cc21.CC.CC.CC. The number of allylic oxidation sites excluding steroid dienone is 14. The van der Waals surface area contributed by atoms with Crippen LogP contribution in [-0.2, 0) is 5.41 Å². The van der Waals surface area contributed by atoms with Crippen LogP contribution < -0.4 is 5.32 Å². The van der Waals surface area contributed by atoms with Crippen molar-refractivity contribution in [3.63, 3.8) is 0 Å². The molecule has 3 aliphatic carbocycles. The second kappa shape index (κ2) is 24.7. The molecule has 1 heterocycles. The molecule has 0 fully saturated rings. The van der Waals surface area contributed by atoms with Crippen LogP contribution in [0, 0.1) is 19.8 Å². The van der Waals surface area contributed by atoms with Crippen molar-refractivity contribution in [1.29, 1.82) is 0 Å². The summed E-state index contributed by atoms with van der Waals surface area (Å²) in [7, 11) is 2.25. The van der Waals surface area contributed by atoms with Crippen LogP contribution >= 0.6 is 11.8 Å². The number of thioether (sulfide) groups is 1. The Balaban J connectivity index is 0.00000131. The third-order valence-corrected chi connectivity index (χ3v) is 13.9. The first-order valence-corrected chi connectivity index (χ1v) is 25.5. The van der Waals surface area contributed by atoms with E-state index in [1.54, 1.807) is 0 Å². The summed E-state index contributed by atoms with van der Waals surface area (Å²) in [6.45, 7) is 28.0. The Labute approximate surface area is 404 Å². The Kier molecular flexibility index (Phi) is 19.1. The monoisotopic (exact) mass is 893 g/mol. The van der Waals surface area contributed by atoms with Crippen LogP contribution in [0.25, 0.3) is 22.4 Å². The molecule has 3 heteroatoms. The molecule has 1 aliphatic heterocycles. The maximum Gasteiger partial charge on any atom is 0.0594 e. The van der Waals surface area contributed by atoms with Crippen LogP contribution in [0.15, 0.2) is 198 Å². The molecule has 8 rings (SSSR count). The molecule has 4 aromatic rings. The zero-order valence-electron chi connectivity index (χ0n) is 42.1. The minimum Gasteiger partial charge on any atom is -0.355 e. The zero-order chi connectivity index (χ0) is 47.8. The maximum absolute atomic E-state index is 5.14. The first-order valence-electron chi connectivity index (χ1n) is 24.6. The van der Waals surface area contributed by atoms with Crippen LogP contribution in [0.3, 0.4) is 0 Å². The lowest BCUT2D eigenvalue weighted by molar-refractivity contribution is 0.435. The second-order valence-corrected chi connectivity index (χ2v) is 18.0. The standard InChI is InChI=1S/C57H58N2S.3C2H6/c1-8-10-12-18-42(6)60-55(56-50-22-17-24-54(50)59(56)7)36-29-41(5)57(46-19-13-11-14-20-46)51-23-16-15-21-48(51)49-35-32-45(37-52(49)57)43(9-2)38-53(44-30-25-39(3)26-31-44)58-47-33-27-40(4)28-34-47;3*1-2/h8-19,21-23,25-28,30-35,37-38,42,46,58H,5,20,24,29,36H2,1-4,6-7H3;3*1-2H3/b10-8-,18-12-,43-9+,53-38-,56-55+;;;. The van der Waals surface area contributed by atoms with Crippen molar-refractivity contribution >= 4 is 28.7 Å². The van der Waals surface area contributed by atoms with Crippen molar-refractivity contribution in [3.05, 3.63) is 231 Å². The Morgan fingerprint density at radius 1 is 0.803 bits per heavy atom. The predicted octanol–water partition coefficient (Wildman–Crippen LogP) is 18.3. The molecule has 1 N–H and O–H groups in total. The van der Waals surface area contributed by atoms with E-state index in [9.17, 15) is 0 Å². The number of anilines is 1. The molecule has 0 saturated carbocycles. The number of hydrogen-bond acceptors (Lipinski definition) is 3. The number of benzene rings is 4. The van der Waals surface area contributed by atoms with E-state index in [1.807, 2.05) is 53.3 Å². The fourth-order valence-corrected chi connectivity index (χ4v) is 10.8.